The minimum absolute atomic E-state index is 0.0932. The quantitative estimate of drug-likeness (QED) is 0.561. The fourth-order valence-corrected chi connectivity index (χ4v) is 2.36. The predicted octanol–water partition coefficient (Wildman–Crippen LogP) is 3.36. The van der Waals surface area contributed by atoms with Crippen LogP contribution in [-0.4, -0.2) is 32.3 Å². The van der Waals surface area contributed by atoms with Crippen molar-refractivity contribution in [3.05, 3.63) is 59.9 Å². The summed E-state index contributed by atoms with van der Waals surface area (Å²) >= 11 is 0. The molecule has 0 aliphatic rings. The molecule has 26 heavy (non-hydrogen) atoms. The first kappa shape index (κ1) is 19.6. The van der Waals surface area contributed by atoms with Crippen molar-refractivity contribution in [1.29, 1.82) is 0 Å². The van der Waals surface area contributed by atoms with Gasteiger partial charge in [-0.05, 0) is 43.7 Å². The molecule has 2 N–H and O–H groups in total. The van der Waals surface area contributed by atoms with E-state index in [9.17, 15) is 4.39 Å². The maximum atomic E-state index is 13.3. The van der Waals surface area contributed by atoms with E-state index in [-0.39, 0.29) is 11.9 Å². The number of guanidine groups is 1. The van der Waals surface area contributed by atoms with Crippen LogP contribution in [0.3, 0.4) is 0 Å². The van der Waals surface area contributed by atoms with Gasteiger partial charge in [0.2, 0.25) is 0 Å². The third-order valence-electron chi connectivity index (χ3n) is 3.61. The van der Waals surface area contributed by atoms with Gasteiger partial charge in [-0.2, -0.15) is 0 Å². The van der Waals surface area contributed by atoms with E-state index in [1.165, 1.54) is 12.1 Å². The van der Waals surface area contributed by atoms with Crippen LogP contribution in [0.5, 0.6) is 11.5 Å². The molecule has 140 valence electrons. The Bertz CT molecular complexity index is 722. The Balaban J connectivity index is 1.91. The van der Waals surface area contributed by atoms with Crippen molar-refractivity contribution in [3.8, 4) is 11.5 Å². The van der Waals surface area contributed by atoms with Crippen LogP contribution in [0.4, 0.5) is 4.39 Å². The normalized spacial score (nSPS) is 12.4. The van der Waals surface area contributed by atoms with Crippen molar-refractivity contribution < 1.29 is 13.9 Å². The smallest absolute Gasteiger partial charge is 0.191 e. The summed E-state index contributed by atoms with van der Waals surface area (Å²) in [5, 5.41) is 6.42. The lowest BCUT2D eigenvalue weighted by molar-refractivity contribution is 0.213. The van der Waals surface area contributed by atoms with Crippen LogP contribution in [0.15, 0.2) is 53.5 Å². The topological polar surface area (TPSA) is 54.9 Å². The average molecular weight is 359 g/mol. The number of para-hydroxylation sites is 2. The van der Waals surface area contributed by atoms with Crippen molar-refractivity contribution in [3.63, 3.8) is 0 Å². The maximum absolute atomic E-state index is 13.3. The molecule has 1 unspecified atom stereocenters. The van der Waals surface area contributed by atoms with Gasteiger partial charge in [0.1, 0.15) is 11.9 Å². The van der Waals surface area contributed by atoms with E-state index in [1.54, 1.807) is 13.2 Å². The molecule has 0 heterocycles. The Kier molecular flexibility index (Phi) is 7.74. The predicted molar refractivity (Wildman–Crippen MR) is 102 cm³/mol. The van der Waals surface area contributed by atoms with Crippen molar-refractivity contribution >= 4 is 5.96 Å². The molecule has 2 aromatic carbocycles. The summed E-state index contributed by atoms with van der Waals surface area (Å²) in [4.78, 5) is 4.49. The second kappa shape index (κ2) is 10.3. The van der Waals surface area contributed by atoms with E-state index in [0.717, 1.165) is 12.1 Å². The molecular weight excluding hydrogens is 333 g/mol. The maximum Gasteiger partial charge on any atom is 0.191 e. The largest absolute Gasteiger partial charge is 0.493 e. The Hall–Kier alpha value is -2.76. The third-order valence-corrected chi connectivity index (χ3v) is 3.61. The lowest BCUT2D eigenvalue weighted by Gasteiger charge is -2.19. The second-order valence-electron chi connectivity index (χ2n) is 5.79. The standard InChI is InChI=1S/C20H26FN3O2/c1-4-22-20(24-14-16-8-7-9-17(21)12-16)23-13-15(2)26-19-11-6-5-10-18(19)25-3/h5-12,15H,4,13-14H2,1-3H3,(H2,22,23,24). The number of hydrogen-bond acceptors (Lipinski definition) is 3. The SMILES string of the molecule is CCNC(=NCc1cccc(F)c1)NCC(C)Oc1ccccc1OC. The molecule has 6 heteroatoms. The van der Waals surface area contributed by atoms with Gasteiger partial charge in [-0.1, -0.05) is 24.3 Å². The van der Waals surface area contributed by atoms with Crippen LogP contribution in [-0.2, 0) is 6.54 Å². The van der Waals surface area contributed by atoms with Crippen molar-refractivity contribution in [2.75, 3.05) is 20.2 Å². The molecule has 0 aliphatic heterocycles. The van der Waals surface area contributed by atoms with Crippen LogP contribution in [0.25, 0.3) is 0 Å². The van der Waals surface area contributed by atoms with E-state index >= 15 is 0 Å². The van der Waals surface area contributed by atoms with Crippen LogP contribution >= 0.6 is 0 Å². The first-order valence-electron chi connectivity index (χ1n) is 8.68. The van der Waals surface area contributed by atoms with Crippen LogP contribution in [0.1, 0.15) is 19.4 Å². The Morgan fingerprint density at radius 1 is 1.12 bits per heavy atom. The molecule has 5 nitrogen and oxygen atoms in total. The van der Waals surface area contributed by atoms with Crippen molar-refractivity contribution in [1.82, 2.24) is 10.6 Å². The monoisotopic (exact) mass is 359 g/mol. The minimum Gasteiger partial charge on any atom is -0.493 e. The van der Waals surface area contributed by atoms with Crippen LogP contribution in [0, 0.1) is 5.82 Å². The van der Waals surface area contributed by atoms with Gasteiger partial charge >= 0.3 is 0 Å². The zero-order valence-electron chi connectivity index (χ0n) is 15.5. The molecule has 1 atom stereocenters. The number of benzene rings is 2. The molecule has 0 aliphatic carbocycles. The first-order chi connectivity index (χ1) is 12.6. The molecular formula is C20H26FN3O2. The number of methoxy groups -OCH3 is 1. The summed E-state index contributed by atoms with van der Waals surface area (Å²) in [6, 6.07) is 14.0. The molecule has 0 fully saturated rings. The number of hydrogen-bond donors (Lipinski definition) is 2. The minimum atomic E-state index is -0.255. The number of nitrogens with zero attached hydrogens (tertiary/aromatic N) is 1. The number of nitrogens with one attached hydrogen (secondary N) is 2. The van der Waals surface area contributed by atoms with Gasteiger partial charge in [0, 0.05) is 6.54 Å². The zero-order valence-corrected chi connectivity index (χ0v) is 15.5. The first-order valence-corrected chi connectivity index (χ1v) is 8.68. The summed E-state index contributed by atoms with van der Waals surface area (Å²) in [7, 11) is 1.62. The average Bonchev–Trinajstić information content (AvgIpc) is 2.64. The number of aliphatic imine (C=N–C) groups is 1. The highest BCUT2D eigenvalue weighted by Gasteiger charge is 2.09. The number of ether oxygens (including phenoxy) is 2. The Morgan fingerprint density at radius 2 is 1.88 bits per heavy atom. The lowest BCUT2D eigenvalue weighted by Crippen LogP contribution is -2.41. The molecule has 0 radical (unpaired) electrons. The third kappa shape index (κ3) is 6.27. The van der Waals surface area contributed by atoms with Gasteiger partial charge in [-0.25, -0.2) is 9.38 Å². The molecule has 0 saturated heterocycles. The summed E-state index contributed by atoms with van der Waals surface area (Å²) in [5.41, 5.74) is 0.820. The molecule has 2 aromatic rings. The molecule has 0 spiro atoms. The van der Waals surface area contributed by atoms with Gasteiger partial charge in [0.15, 0.2) is 17.5 Å². The van der Waals surface area contributed by atoms with Crippen molar-refractivity contribution in [2.24, 2.45) is 4.99 Å². The van der Waals surface area contributed by atoms with Gasteiger partial charge in [0.25, 0.3) is 0 Å². The fraction of sp³-hybridized carbons (Fsp3) is 0.350. The van der Waals surface area contributed by atoms with Crippen LogP contribution in [0.2, 0.25) is 0 Å². The summed E-state index contributed by atoms with van der Waals surface area (Å²) in [6.45, 7) is 5.66. The summed E-state index contributed by atoms with van der Waals surface area (Å²) in [6.07, 6.45) is -0.0932. The van der Waals surface area contributed by atoms with Gasteiger partial charge in [0.05, 0.1) is 20.2 Å². The molecule has 0 amide bonds. The van der Waals surface area contributed by atoms with E-state index in [0.29, 0.717) is 30.5 Å². The summed E-state index contributed by atoms with van der Waals surface area (Å²) < 4.78 is 24.5. The highest BCUT2D eigenvalue weighted by molar-refractivity contribution is 5.79. The van der Waals surface area contributed by atoms with E-state index < -0.39 is 0 Å². The van der Waals surface area contributed by atoms with Crippen LogP contribution < -0.4 is 20.1 Å². The number of halogens is 1. The van der Waals surface area contributed by atoms with E-state index in [1.807, 2.05) is 44.2 Å². The Labute approximate surface area is 154 Å². The second-order valence-corrected chi connectivity index (χ2v) is 5.79. The molecule has 0 aromatic heterocycles. The Morgan fingerprint density at radius 3 is 2.58 bits per heavy atom. The number of rotatable bonds is 8. The fourth-order valence-electron chi connectivity index (χ4n) is 2.36. The van der Waals surface area contributed by atoms with E-state index in [2.05, 4.69) is 15.6 Å². The van der Waals surface area contributed by atoms with Gasteiger partial charge in [-0.3, -0.25) is 0 Å². The highest BCUT2D eigenvalue weighted by atomic mass is 19.1. The van der Waals surface area contributed by atoms with E-state index in [4.69, 9.17) is 9.47 Å². The summed E-state index contributed by atoms with van der Waals surface area (Å²) in [5.74, 6) is 1.80. The lowest BCUT2D eigenvalue weighted by atomic mass is 10.2. The molecule has 0 bridgehead atoms. The van der Waals surface area contributed by atoms with Gasteiger partial charge in [-0.15, -0.1) is 0 Å². The zero-order chi connectivity index (χ0) is 18.8. The molecule has 0 saturated carbocycles. The van der Waals surface area contributed by atoms with Crippen molar-refractivity contribution in [2.45, 2.75) is 26.5 Å². The molecule has 2 rings (SSSR count). The highest BCUT2D eigenvalue weighted by Crippen LogP contribution is 2.26. The van der Waals surface area contributed by atoms with Gasteiger partial charge < -0.3 is 20.1 Å².